The second kappa shape index (κ2) is 4.37. The van der Waals surface area contributed by atoms with Crippen LogP contribution in [-0.2, 0) is 4.79 Å². The summed E-state index contributed by atoms with van der Waals surface area (Å²) in [5.41, 5.74) is 0.0660. The highest BCUT2D eigenvalue weighted by Crippen LogP contribution is 2.20. The zero-order valence-corrected chi connectivity index (χ0v) is 8.05. The van der Waals surface area contributed by atoms with Gasteiger partial charge < -0.3 is 4.90 Å². The van der Waals surface area contributed by atoms with Crippen LogP contribution in [0.25, 0.3) is 0 Å². The van der Waals surface area contributed by atoms with Gasteiger partial charge in [0.2, 0.25) is 6.41 Å². The molecular formula is C9H19NO. The van der Waals surface area contributed by atoms with Crippen LogP contribution >= 0.6 is 0 Å². The van der Waals surface area contributed by atoms with E-state index in [2.05, 4.69) is 20.8 Å². The maximum Gasteiger partial charge on any atom is 0.210 e. The van der Waals surface area contributed by atoms with Gasteiger partial charge in [-0.2, -0.15) is 0 Å². The van der Waals surface area contributed by atoms with Crippen molar-refractivity contribution >= 4 is 6.41 Å². The Kier molecular flexibility index (Phi) is 4.16. The lowest BCUT2D eigenvalue weighted by Crippen LogP contribution is -2.44. The van der Waals surface area contributed by atoms with Crippen molar-refractivity contribution in [3.8, 4) is 0 Å². The van der Waals surface area contributed by atoms with Gasteiger partial charge in [-0.05, 0) is 26.7 Å². The molecule has 11 heavy (non-hydrogen) atoms. The molecule has 0 N–H and O–H groups in total. The number of nitrogens with zero attached hydrogens (tertiary/aromatic N) is 1. The molecule has 0 fully saturated rings. The standard InChI is InChI=1S/C9H19NO/c1-5-9(4,6-2)10(7-3)8-11/h8H,5-7H2,1-4H3. The van der Waals surface area contributed by atoms with E-state index in [0.29, 0.717) is 0 Å². The Bertz CT molecular complexity index is 119. The van der Waals surface area contributed by atoms with Gasteiger partial charge in [0.1, 0.15) is 0 Å². The average Bonchev–Trinajstić information content (AvgIpc) is 2.06. The quantitative estimate of drug-likeness (QED) is 0.559. The molecule has 0 aromatic carbocycles. The van der Waals surface area contributed by atoms with Crippen molar-refractivity contribution in [1.29, 1.82) is 0 Å². The SMILES string of the molecule is CCN(C=O)C(C)(CC)CC. The Labute approximate surface area is 69.6 Å². The molecule has 0 aliphatic carbocycles. The van der Waals surface area contributed by atoms with Crippen LogP contribution in [-0.4, -0.2) is 23.4 Å². The Morgan fingerprint density at radius 2 is 1.73 bits per heavy atom. The van der Waals surface area contributed by atoms with Crippen molar-refractivity contribution in [2.45, 2.75) is 46.1 Å². The molecule has 0 aromatic rings. The minimum atomic E-state index is 0.0660. The predicted octanol–water partition coefficient (Wildman–Crippen LogP) is 2.04. The highest BCUT2D eigenvalue weighted by molar-refractivity contribution is 5.48. The van der Waals surface area contributed by atoms with E-state index < -0.39 is 0 Å². The van der Waals surface area contributed by atoms with E-state index >= 15 is 0 Å². The summed E-state index contributed by atoms with van der Waals surface area (Å²) in [5, 5.41) is 0. The number of hydrogen-bond acceptors (Lipinski definition) is 1. The van der Waals surface area contributed by atoms with E-state index in [-0.39, 0.29) is 5.54 Å². The Hall–Kier alpha value is -0.530. The maximum atomic E-state index is 10.6. The summed E-state index contributed by atoms with van der Waals surface area (Å²) < 4.78 is 0. The second-order valence-corrected chi connectivity index (χ2v) is 3.10. The molecule has 0 aromatic heterocycles. The number of hydrogen-bond donors (Lipinski definition) is 0. The Balaban J connectivity index is 4.30. The Morgan fingerprint density at radius 3 is 1.82 bits per heavy atom. The highest BCUT2D eigenvalue weighted by atomic mass is 16.1. The molecule has 0 saturated carbocycles. The normalized spacial score (nSPS) is 11.3. The zero-order valence-electron chi connectivity index (χ0n) is 8.05. The summed E-state index contributed by atoms with van der Waals surface area (Å²) in [4.78, 5) is 12.5. The zero-order chi connectivity index (χ0) is 8.91. The summed E-state index contributed by atoms with van der Waals surface area (Å²) in [6.07, 6.45) is 3.00. The van der Waals surface area contributed by atoms with Gasteiger partial charge in [-0.1, -0.05) is 13.8 Å². The molecule has 1 amide bonds. The minimum Gasteiger partial charge on any atom is -0.340 e. The van der Waals surface area contributed by atoms with Crippen LogP contribution in [0.5, 0.6) is 0 Å². The maximum absolute atomic E-state index is 10.6. The lowest BCUT2D eigenvalue weighted by atomic mass is 9.94. The van der Waals surface area contributed by atoms with Gasteiger partial charge >= 0.3 is 0 Å². The van der Waals surface area contributed by atoms with Gasteiger partial charge in [0.25, 0.3) is 0 Å². The van der Waals surface area contributed by atoms with E-state index in [1.54, 1.807) is 0 Å². The molecule has 66 valence electrons. The molecule has 0 heterocycles. The molecule has 2 heteroatoms. The van der Waals surface area contributed by atoms with Crippen LogP contribution in [0, 0.1) is 0 Å². The van der Waals surface area contributed by atoms with Gasteiger partial charge in [0, 0.05) is 12.1 Å². The molecule has 0 bridgehead atoms. The van der Waals surface area contributed by atoms with E-state index in [4.69, 9.17) is 0 Å². The molecule has 0 radical (unpaired) electrons. The summed E-state index contributed by atoms with van der Waals surface area (Å²) in [6, 6.07) is 0. The van der Waals surface area contributed by atoms with Crippen molar-refractivity contribution < 1.29 is 4.79 Å². The average molecular weight is 157 g/mol. The van der Waals surface area contributed by atoms with Gasteiger partial charge in [0.15, 0.2) is 0 Å². The van der Waals surface area contributed by atoms with Crippen LogP contribution in [0.15, 0.2) is 0 Å². The molecule has 0 spiro atoms. The molecule has 0 atom stereocenters. The van der Waals surface area contributed by atoms with Crippen molar-refractivity contribution in [3.63, 3.8) is 0 Å². The topological polar surface area (TPSA) is 20.3 Å². The van der Waals surface area contributed by atoms with Gasteiger partial charge in [-0.15, -0.1) is 0 Å². The van der Waals surface area contributed by atoms with Crippen LogP contribution in [0.1, 0.15) is 40.5 Å². The van der Waals surface area contributed by atoms with Gasteiger partial charge in [0.05, 0.1) is 0 Å². The van der Waals surface area contributed by atoms with E-state index in [9.17, 15) is 4.79 Å². The van der Waals surface area contributed by atoms with E-state index in [0.717, 1.165) is 25.8 Å². The van der Waals surface area contributed by atoms with Crippen LogP contribution < -0.4 is 0 Å². The summed E-state index contributed by atoms with van der Waals surface area (Å²) >= 11 is 0. The molecule has 0 rings (SSSR count). The predicted molar refractivity (Wildman–Crippen MR) is 47.4 cm³/mol. The van der Waals surface area contributed by atoms with Crippen molar-refractivity contribution in [2.75, 3.05) is 6.54 Å². The lowest BCUT2D eigenvalue weighted by Gasteiger charge is -2.36. The third-order valence-corrected chi connectivity index (χ3v) is 2.68. The number of amides is 1. The molecular weight excluding hydrogens is 138 g/mol. The second-order valence-electron chi connectivity index (χ2n) is 3.10. The first-order valence-electron chi connectivity index (χ1n) is 4.36. The third-order valence-electron chi connectivity index (χ3n) is 2.68. The lowest BCUT2D eigenvalue weighted by molar-refractivity contribution is -0.123. The minimum absolute atomic E-state index is 0.0660. The summed E-state index contributed by atoms with van der Waals surface area (Å²) in [5.74, 6) is 0. The molecule has 0 aliphatic heterocycles. The first kappa shape index (κ1) is 10.5. The van der Waals surface area contributed by atoms with Crippen LogP contribution in [0.4, 0.5) is 0 Å². The highest BCUT2D eigenvalue weighted by Gasteiger charge is 2.25. The van der Waals surface area contributed by atoms with Crippen molar-refractivity contribution in [2.24, 2.45) is 0 Å². The number of carbonyl (C=O) groups excluding carboxylic acids is 1. The Morgan fingerprint density at radius 1 is 1.27 bits per heavy atom. The fourth-order valence-electron chi connectivity index (χ4n) is 1.24. The summed E-state index contributed by atoms with van der Waals surface area (Å²) in [6.45, 7) is 9.19. The first-order chi connectivity index (χ1) is 5.14. The first-order valence-corrected chi connectivity index (χ1v) is 4.36. The van der Waals surface area contributed by atoms with Crippen LogP contribution in [0.3, 0.4) is 0 Å². The van der Waals surface area contributed by atoms with Crippen molar-refractivity contribution in [3.05, 3.63) is 0 Å². The fraction of sp³-hybridized carbons (Fsp3) is 0.889. The van der Waals surface area contributed by atoms with Gasteiger partial charge in [-0.3, -0.25) is 4.79 Å². The smallest absolute Gasteiger partial charge is 0.210 e. The fourth-order valence-corrected chi connectivity index (χ4v) is 1.24. The molecule has 0 unspecified atom stereocenters. The van der Waals surface area contributed by atoms with E-state index in [1.807, 2.05) is 11.8 Å². The number of rotatable bonds is 5. The monoisotopic (exact) mass is 157 g/mol. The molecule has 2 nitrogen and oxygen atoms in total. The van der Waals surface area contributed by atoms with Crippen molar-refractivity contribution in [1.82, 2.24) is 4.90 Å². The van der Waals surface area contributed by atoms with Crippen LogP contribution in [0.2, 0.25) is 0 Å². The largest absolute Gasteiger partial charge is 0.340 e. The third kappa shape index (κ3) is 2.21. The molecule has 0 saturated heterocycles. The van der Waals surface area contributed by atoms with E-state index in [1.165, 1.54) is 0 Å². The summed E-state index contributed by atoms with van der Waals surface area (Å²) in [7, 11) is 0. The van der Waals surface area contributed by atoms with Gasteiger partial charge in [-0.25, -0.2) is 0 Å². The number of carbonyl (C=O) groups is 1. The molecule has 0 aliphatic rings.